The van der Waals surface area contributed by atoms with E-state index in [1.807, 2.05) is 19.2 Å². The Balaban J connectivity index is 2.11. The third-order valence-electron chi connectivity index (χ3n) is 3.04. The van der Waals surface area contributed by atoms with Gasteiger partial charge in [-0.15, -0.1) is 11.3 Å². The van der Waals surface area contributed by atoms with Gasteiger partial charge in [-0.3, -0.25) is 0 Å². The Morgan fingerprint density at radius 2 is 2.16 bits per heavy atom. The third-order valence-corrected chi connectivity index (χ3v) is 4.71. The van der Waals surface area contributed by atoms with E-state index in [0.29, 0.717) is 12.6 Å². The van der Waals surface area contributed by atoms with Crippen LogP contribution in [0.2, 0.25) is 0 Å². The van der Waals surface area contributed by atoms with Gasteiger partial charge < -0.3 is 10.1 Å². The second kappa shape index (κ2) is 7.08. The van der Waals surface area contributed by atoms with Crippen molar-refractivity contribution in [3.05, 3.63) is 50.6 Å². The molecule has 2 nitrogen and oxygen atoms in total. The summed E-state index contributed by atoms with van der Waals surface area (Å²) >= 11 is 5.17. The number of benzene rings is 1. The van der Waals surface area contributed by atoms with E-state index in [-0.39, 0.29) is 0 Å². The van der Waals surface area contributed by atoms with Crippen molar-refractivity contribution in [1.82, 2.24) is 5.32 Å². The number of hydrogen-bond donors (Lipinski definition) is 1. The van der Waals surface area contributed by atoms with E-state index in [9.17, 15) is 0 Å². The molecule has 19 heavy (non-hydrogen) atoms. The first kappa shape index (κ1) is 14.6. The lowest BCUT2D eigenvalue weighted by molar-refractivity contribution is 0.302. The third kappa shape index (κ3) is 3.81. The zero-order valence-corrected chi connectivity index (χ0v) is 13.6. The van der Waals surface area contributed by atoms with Crippen LogP contribution in [0, 0.1) is 0 Å². The predicted molar refractivity (Wildman–Crippen MR) is 84.9 cm³/mol. The van der Waals surface area contributed by atoms with Gasteiger partial charge in [-0.25, -0.2) is 0 Å². The molecule has 0 aliphatic rings. The van der Waals surface area contributed by atoms with Crippen molar-refractivity contribution in [3.8, 4) is 5.75 Å². The summed E-state index contributed by atoms with van der Waals surface area (Å²) in [7, 11) is 1.99. The fraction of sp³-hybridized carbons (Fsp3) is 0.333. The summed E-state index contributed by atoms with van der Waals surface area (Å²) in [5.74, 6) is 0.966. The molecule has 1 N–H and O–H groups in total. The van der Waals surface area contributed by atoms with Crippen LogP contribution in [0.25, 0.3) is 0 Å². The lowest BCUT2D eigenvalue weighted by atomic mass is 10.0. The number of halogens is 1. The summed E-state index contributed by atoms with van der Waals surface area (Å²) in [6.07, 6.45) is 1.04. The second-order valence-corrected chi connectivity index (χ2v) is 6.22. The Bertz CT molecular complexity index is 522. The van der Waals surface area contributed by atoms with Gasteiger partial charge >= 0.3 is 0 Å². The van der Waals surface area contributed by atoms with Gasteiger partial charge in [0.25, 0.3) is 0 Å². The molecule has 1 heterocycles. The molecule has 0 saturated heterocycles. The van der Waals surface area contributed by atoms with E-state index < -0.39 is 0 Å². The van der Waals surface area contributed by atoms with Crippen LogP contribution in [0.3, 0.4) is 0 Å². The van der Waals surface area contributed by atoms with Gasteiger partial charge in [0.1, 0.15) is 12.4 Å². The molecule has 0 spiro atoms. The topological polar surface area (TPSA) is 21.3 Å². The highest BCUT2D eigenvalue weighted by Crippen LogP contribution is 2.28. The van der Waals surface area contributed by atoms with Crippen LogP contribution in [0.15, 0.2) is 40.2 Å². The fourth-order valence-electron chi connectivity index (χ4n) is 2.06. The molecule has 1 unspecified atom stereocenters. The first-order valence-electron chi connectivity index (χ1n) is 6.36. The maximum atomic E-state index is 5.97. The van der Waals surface area contributed by atoms with E-state index in [1.165, 1.54) is 10.4 Å². The molecule has 0 amide bonds. The standard InChI is InChI=1S/C15H18BrNOS/c1-3-14(17-2)13-6-4-5-7-15(13)18-9-12-8-11(16)10-19-12/h4-8,10,14,17H,3,9H2,1-2H3. The number of thiophene rings is 1. The van der Waals surface area contributed by atoms with E-state index in [0.717, 1.165) is 16.6 Å². The SMILES string of the molecule is CCC(NC)c1ccccc1OCc1cc(Br)cs1. The molecule has 0 aliphatic carbocycles. The van der Waals surface area contributed by atoms with Gasteiger partial charge in [-0.05, 0) is 41.5 Å². The summed E-state index contributed by atoms with van der Waals surface area (Å²) in [4.78, 5) is 1.22. The van der Waals surface area contributed by atoms with Gasteiger partial charge in [0.05, 0.1) is 0 Å². The predicted octanol–water partition coefficient (Wildman–Crippen LogP) is 4.76. The maximum absolute atomic E-state index is 5.97. The Hall–Kier alpha value is -0.840. The van der Waals surface area contributed by atoms with Crippen molar-refractivity contribution in [1.29, 1.82) is 0 Å². The molecule has 0 aliphatic heterocycles. The van der Waals surface area contributed by atoms with E-state index in [4.69, 9.17) is 4.74 Å². The molecule has 1 aromatic heterocycles. The van der Waals surface area contributed by atoms with Crippen LogP contribution in [-0.2, 0) is 6.61 Å². The van der Waals surface area contributed by atoms with Gasteiger partial charge in [-0.1, -0.05) is 25.1 Å². The number of ether oxygens (including phenoxy) is 1. The number of rotatable bonds is 6. The van der Waals surface area contributed by atoms with Crippen LogP contribution in [-0.4, -0.2) is 7.05 Å². The minimum atomic E-state index is 0.339. The highest BCUT2D eigenvalue weighted by atomic mass is 79.9. The highest BCUT2D eigenvalue weighted by Gasteiger charge is 2.12. The Labute approximate surface area is 126 Å². The number of para-hydroxylation sites is 1. The number of nitrogens with one attached hydrogen (secondary N) is 1. The summed E-state index contributed by atoms with van der Waals surface area (Å²) in [6, 6.07) is 10.7. The molecule has 2 aromatic rings. The summed E-state index contributed by atoms with van der Waals surface area (Å²) < 4.78 is 7.09. The van der Waals surface area contributed by atoms with E-state index >= 15 is 0 Å². The van der Waals surface area contributed by atoms with Crippen molar-refractivity contribution < 1.29 is 4.74 Å². The van der Waals surface area contributed by atoms with Crippen molar-refractivity contribution >= 4 is 27.3 Å². The molecule has 0 saturated carbocycles. The molecule has 0 bridgehead atoms. The van der Waals surface area contributed by atoms with Gasteiger partial charge in [-0.2, -0.15) is 0 Å². The van der Waals surface area contributed by atoms with Gasteiger partial charge in [0.2, 0.25) is 0 Å². The minimum Gasteiger partial charge on any atom is -0.488 e. The van der Waals surface area contributed by atoms with Gasteiger partial charge in [0, 0.05) is 26.3 Å². The molecule has 0 fully saturated rings. The van der Waals surface area contributed by atoms with E-state index in [1.54, 1.807) is 11.3 Å². The van der Waals surface area contributed by atoms with Crippen LogP contribution in [0.1, 0.15) is 29.8 Å². The lowest BCUT2D eigenvalue weighted by Crippen LogP contribution is -2.16. The normalized spacial score (nSPS) is 12.4. The number of hydrogen-bond acceptors (Lipinski definition) is 3. The average Bonchev–Trinajstić information content (AvgIpc) is 2.85. The highest BCUT2D eigenvalue weighted by molar-refractivity contribution is 9.10. The Morgan fingerprint density at radius 3 is 2.79 bits per heavy atom. The van der Waals surface area contributed by atoms with Crippen LogP contribution in [0.5, 0.6) is 5.75 Å². The molecule has 1 aromatic carbocycles. The Morgan fingerprint density at radius 1 is 1.37 bits per heavy atom. The molecule has 2 rings (SSSR count). The van der Waals surface area contributed by atoms with Crippen molar-refractivity contribution in [2.75, 3.05) is 7.05 Å². The first-order valence-corrected chi connectivity index (χ1v) is 8.03. The quantitative estimate of drug-likeness (QED) is 0.819. The second-order valence-electron chi connectivity index (χ2n) is 4.31. The first-order chi connectivity index (χ1) is 9.24. The smallest absolute Gasteiger partial charge is 0.124 e. The molecule has 1 atom stereocenters. The summed E-state index contributed by atoms with van der Waals surface area (Å²) in [6.45, 7) is 2.79. The molecule has 4 heteroatoms. The average molecular weight is 340 g/mol. The van der Waals surface area contributed by atoms with Crippen molar-refractivity contribution in [2.45, 2.75) is 26.0 Å². The fourth-order valence-corrected chi connectivity index (χ4v) is 3.42. The van der Waals surface area contributed by atoms with Gasteiger partial charge in [0.15, 0.2) is 0 Å². The van der Waals surface area contributed by atoms with Crippen LogP contribution in [0.4, 0.5) is 0 Å². The monoisotopic (exact) mass is 339 g/mol. The van der Waals surface area contributed by atoms with Crippen molar-refractivity contribution in [2.24, 2.45) is 0 Å². The van der Waals surface area contributed by atoms with Crippen LogP contribution >= 0.6 is 27.3 Å². The summed E-state index contributed by atoms with van der Waals surface area (Å²) in [5, 5.41) is 5.40. The molecular formula is C15H18BrNOS. The maximum Gasteiger partial charge on any atom is 0.124 e. The Kier molecular flexibility index (Phi) is 5.43. The zero-order valence-electron chi connectivity index (χ0n) is 11.2. The van der Waals surface area contributed by atoms with Crippen molar-refractivity contribution in [3.63, 3.8) is 0 Å². The molecule has 0 radical (unpaired) electrons. The zero-order chi connectivity index (χ0) is 13.7. The molecular weight excluding hydrogens is 322 g/mol. The largest absolute Gasteiger partial charge is 0.488 e. The lowest BCUT2D eigenvalue weighted by Gasteiger charge is -2.18. The minimum absolute atomic E-state index is 0.339. The molecule has 102 valence electrons. The van der Waals surface area contributed by atoms with E-state index in [2.05, 4.69) is 51.7 Å². The van der Waals surface area contributed by atoms with Crippen LogP contribution < -0.4 is 10.1 Å². The summed E-state index contributed by atoms with van der Waals surface area (Å²) in [5.41, 5.74) is 1.23.